The summed E-state index contributed by atoms with van der Waals surface area (Å²) in [6.07, 6.45) is 2.23. The van der Waals surface area contributed by atoms with Gasteiger partial charge in [0, 0.05) is 18.6 Å². The molecule has 0 saturated carbocycles. The number of rotatable bonds is 3. The minimum absolute atomic E-state index is 0.165. The highest BCUT2D eigenvalue weighted by Gasteiger charge is 2.25. The molecule has 0 spiro atoms. The molecule has 0 aromatic heterocycles. The lowest BCUT2D eigenvalue weighted by molar-refractivity contribution is 0.148. The summed E-state index contributed by atoms with van der Waals surface area (Å²) in [6, 6.07) is 2.55. The average molecular weight is 209 g/mol. The normalized spacial score (nSPS) is 23.3. The number of nitrogens with zero attached hydrogens (tertiary/aromatic N) is 3. The molecule has 0 amide bonds. The van der Waals surface area contributed by atoms with Crippen molar-refractivity contribution >= 4 is 0 Å². The molecule has 1 heterocycles. The average Bonchev–Trinajstić information content (AvgIpc) is 2.59. The van der Waals surface area contributed by atoms with E-state index in [9.17, 15) is 0 Å². The molecule has 0 aromatic rings. The van der Waals surface area contributed by atoms with Crippen LogP contribution in [0, 0.1) is 11.3 Å². The smallest absolute Gasteiger partial charge is 0.0978 e. The van der Waals surface area contributed by atoms with Crippen LogP contribution in [0.2, 0.25) is 0 Å². The van der Waals surface area contributed by atoms with E-state index in [0.717, 1.165) is 26.1 Å². The van der Waals surface area contributed by atoms with Crippen molar-refractivity contribution in [1.82, 2.24) is 9.80 Å². The molecule has 1 aliphatic rings. The van der Waals surface area contributed by atoms with Gasteiger partial charge in [-0.05, 0) is 47.2 Å². The number of hydrogen-bond donors (Lipinski definition) is 0. The van der Waals surface area contributed by atoms with E-state index in [1.807, 2.05) is 0 Å². The summed E-state index contributed by atoms with van der Waals surface area (Å²) >= 11 is 0. The summed E-state index contributed by atoms with van der Waals surface area (Å²) in [6.45, 7) is 9.82. The SMILES string of the molecule is CN(CCN1CCC[C@H]1C#N)C(C)(C)C. The van der Waals surface area contributed by atoms with E-state index in [-0.39, 0.29) is 11.6 Å². The van der Waals surface area contributed by atoms with Crippen LogP contribution >= 0.6 is 0 Å². The first-order valence-electron chi connectivity index (χ1n) is 5.80. The van der Waals surface area contributed by atoms with Crippen molar-refractivity contribution in [2.45, 2.75) is 45.2 Å². The Morgan fingerprint density at radius 2 is 2.13 bits per heavy atom. The Hall–Kier alpha value is -0.590. The lowest BCUT2D eigenvalue weighted by atomic mass is 10.1. The Bertz CT molecular complexity index is 236. The third-order valence-corrected chi connectivity index (χ3v) is 3.38. The van der Waals surface area contributed by atoms with E-state index in [1.165, 1.54) is 6.42 Å². The molecule has 0 bridgehead atoms. The molecule has 1 rings (SSSR count). The Labute approximate surface area is 93.7 Å². The standard InChI is InChI=1S/C12H23N3/c1-12(2,3)14(4)8-9-15-7-5-6-11(15)10-13/h11H,5-9H2,1-4H3/t11-/m0/s1. The van der Waals surface area contributed by atoms with E-state index in [0.29, 0.717) is 0 Å². The van der Waals surface area contributed by atoms with Crippen molar-refractivity contribution in [1.29, 1.82) is 5.26 Å². The topological polar surface area (TPSA) is 30.3 Å². The second kappa shape index (κ2) is 4.96. The first-order chi connectivity index (χ1) is 6.95. The summed E-state index contributed by atoms with van der Waals surface area (Å²) in [5.41, 5.74) is 0.224. The molecule has 0 N–H and O–H groups in total. The van der Waals surface area contributed by atoms with Crippen LogP contribution in [0.1, 0.15) is 33.6 Å². The summed E-state index contributed by atoms with van der Waals surface area (Å²) < 4.78 is 0. The lowest BCUT2D eigenvalue weighted by Crippen LogP contribution is -2.43. The fourth-order valence-corrected chi connectivity index (χ4v) is 1.85. The van der Waals surface area contributed by atoms with Crippen LogP contribution in [-0.2, 0) is 0 Å². The van der Waals surface area contributed by atoms with Crippen LogP contribution in [0.3, 0.4) is 0 Å². The molecule has 86 valence electrons. The predicted octanol–water partition coefficient (Wildman–Crippen LogP) is 1.70. The predicted molar refractivity (Wildman–Crippen MR) is 62.6 cm³/mol. The van der Waals surface area contributed by atoms with Gasteiger partial charge in [-0.1, -0.05) is 0 Å². The van der Waals surface area contributed by atoms with E-state index in [1.54, 1.807) is 0 Å². The second-order valence-electron chi connectivity index (χ2n) is 5.42. The van der Waals surface area contributed by atoms with Gasteiger partial charge in [-0.25, -0.2) is 0 Å². The minimum atomic E-state index is 0.165. The van der Waals surface area contributed by atoms with Crippen molar-refractivity contribution in [2.75, 3.05) is 26.7 Å². The van der Waals surface area contributed by atoms with Crippen LogP contribution in [0.25, 0.3) is 0 Å². The van der Waals surface area contributed by atoms with Gasteiger partial charge >= 0.3 is 0 Å². The van der Waals surface area contributed by atoms with Crippen molar-refractivity contribution in [3.63, 3.8) is 0 Å². The Kier molecular flexibility index (Phi) is 4.12. The van der Waals surface area contributed by atoms with Crippen LogP contribution in [0.4, 0.5) is 0 Å². The largest absolute Gasteiger partial charge is 0.300 e. The molecule has 0 aromatic carbocycles. The molecule has 1 saturated heterocycles. The van der Waals surface area contributed by atoms with E-state index < -0.39 is 0 Å². The van der Waals surface area contributed by atoms with E-state index in [4.69, 9.17) is 5.26 Å². The van der Waals surface area contributed by atoms with Gasteiger partial charge in [0.2, 0.25) is 0 Å². The molecule has 1 aliphatic heterocycles. The number of hydrogen-bond acceptors (Lipinski definition) is 3. The van der Waals surface area contributed by atoms with Crippen LogP contribution in [-0.4, -0.2) is 48.1 Å². The van der Waals surface area contributed by atoms with Crippen molar-refractivity contribution < 1.29 is 0 Å². The maximum absolute atomic E-state index is 8.96. The number of likely N-dealkylation sites (tertiary alicyclic amines) is 1. The quantitative estimate of drug-likeness (QED) is 0.709. The summed E-state index contributed by atoms with van der Waals surface area (Å²) in [4.78, 5) is 4.65. The molecule has 15 heavy (non-hydrogen) atoms. The zero-order valence-electron chi connectivity index (χ0n) is 10.5. The van der Waals surface area contributed by atoms with E-state index >= 15 is 0 Å². The lowest BCUT2D eigenvalue weighted by Gasteiger charge is -2.33. The molecular weight excluding hydrogens is 186 g/mol. The first-order valence-corrected chi connectivity index (χ1v) is 5.80. The van der Waals surface area contributed by atoms with Crippen LogP contribution in [0.5, 0.6) is 0 Å². The zero-order valence-corrected chi connectivity index (χ0v) is 10.5. The van der Waals surface area contributed by atoms with Crippen LogP contribution in [0.15, 0.2) is 0 Å². The van der Waals surface area contributed by atoms with Gasteiger partial charge in [0.05, 0.1) is 12.1 Å². The molecule has 3 nitrogen and oxygen atoms in total. The minimum Gasteiger partial charge on any atom is -0.300 e. The maximum Gasteiger partial charge on any atom is 0.0978 e. The third kappa shape index (κ3) is 3.48. The fraction of sp³-hybridized carbons (Fsp3) is 0.917. The zero-order chi connectivity index (χ0) is 11.5. The van der Waals surface area contributed by atoms with Gasteiger partial charge < -0.3 is 4.90 Å². The number of likely N-dealkylation sites (N-methyl/N-ethyl adjacent to an activating group) is 1. The highest BCUT2D eigenvalue weighted by atomic mass is 15.2. The van der Waals surface area contributed by atoms with Crippen molar-refractivity contribution in [3.8, 4) is 6.07 Å². The molecule has 0 radical (unpaired) electrons. The molecule has 1 fully saturated rings. The highest BCUT2D eigenvalue weighted by Crippen LogP contribution is 2.17. The maximum atomic E-state index is 8.96. The third-order valence-electron chi connectivity index (χ3n) is 3.38. The molecular formula is C12H23N3. The van der Waals surface area contributed by atoms with Crippen molar-refractivity contribution in [3.05, 3.63) is 0 Å². The molecule has 3 heteroatoms. The van der Waals surface area contributed by atoms with Crippen LogP contribution < -0.4 is 0 Å². The Morgan fingerprint density at radius 1 is 1.47 bits per heavy atom. The molecule has 0 unspecified atom stereocenters. The van der Waals surface area contributed by atoms with Crippen molar-refractivity contribution in [2.24, 2.45) is 0 Å². The summed E-state index contributed by atoms with van der Waals surface area (Å²) in [5, 5.41) is 8.96. The van der Waals surface area contributed by atoms with Gasteiger partial charge in [-0.15, -0.1) is 0 Å². The van der Waals surface area contributed by atoms with Gasteiger partial charge in [0.1, 0.15) is 0 Å². The van der Waals surface area contributed by atoms with Gasteiger partial charge in [0.25, 0.3) is 0 Å². The second-order valence-corrected chi connectivity index (χ2v) is 5.42. The highest BCUT2D eigenvalue weighted by molar-refractivity contribution is 4.96. The Balaban J connectivity index is 2.34. The van der Waals surface area contributed by atoms with Gasteiger partial charge in [0.15, 0.2) is 0 Å². The summed E-state index contributed by atoms with van der Waals surface area (Å²) in [5.74, 6) is 0. The number of nitriles is 1. The van der Waals surface area contributed by atoms with E-state index in [2.05, 4.69) is 43.7 Å². The first kappa shape index (κ1) is 12.5. The molecule has 1 atom stereocenters. The summed E-state index contributed by atoms with van der Waals surface area (Å²) in [7, 11) is 2.15. The Morgan fingerprint density at radius 3 is 2.67 bits per heavy atom. The monoisotopic (exact) mass is 209 g/mol. The van der Waals surface area contributed by atoms with Gasteiger partial charge in [-0.3, -0.25) is 4.90 Å². The molecule has 0 aliphatic carbocycles. The van der Waals surface area contributed by atoms with Gasteiger partial charge in [-0.2, -0.15) is 5.26 Å². The fourth-order valence-electron chi connectivity index (χ4n) is 1.85.